The van der Waals surface area contributed by atoms with Crippen LogP contribution in [0.25, 0.3) is 33.3 Å². The highest BCUT2D eigenvalue weighted by molar-refractivity contribution is 5.99. The van der Waals surface area contributed by atoms with E-state index < -0.39 is 0 Å². The molecule has 5 heterocycles. The third-order valence-corrected chi connectivity index (χ3v) is 6.50. The Balaban J connectivity index is 1.37. The van der Waals surface area contributed by atoms with Crippen LogP contribution in [0.5, 0.6) is 0 Å². The Kier molecular flexibility index (Phi) is 4.75. The van der Waals surface area contributed by atoms with Gasteiger partial charge in [-0.05, 0) is 35.2 Å². The number of nitrogen functional groups attached to an aromatic ring is 1. The fourth-order valence-electron chi connectivity index (χ4n) is 4.73. The lowest BCUT2D eigenvalue weighted by Crippen LogP contribution is -2.35. The lowest BCUT2D eigenvalue weighted by atomic mass is 9.97. The maximum absolute atomic E-state index is 12.1. The number of pyridine rings is 1. The number of nitrogens with one attached hydrogen (secondary N) is 1. The van der Waals surface area contributed by atoms with Gasteiger partial charge < -0.3 is 15.6 Å². The van der Waals surface area contributed by atoms with Gasteiger partial charge in [0.05, 0.1) is 11.9 Å². The Hall–Kier alpha value is -4.27. The van der Waals surface area contributed by atoms with Gasteiger partial charge in [-0.1, -0.05) is 25.1 Å². The van der Waals surface area contributed by atoms with Gasteiger partial charge in [-0.15, -0.1) is 0 Å². The first-order valence-electron chi connectivity index (χ1n) is 11.4. The summed E-state index contributed by atoms with van der Waals surface area (Å²) in [5.41, 5.74) is 13.0. The SMILES string of the molecule is CCC(=O)N1CCc2cc(Cn3nc(-c4cnc5[nH]ccc5c4)c4c(N)ncnc43)ccc2C1. The van der Waals surface area contributed by atoms with E-state index in [9.17, 15) is 4.79 Å². The van der Waals surface area contributed by atoms with Crippen LogP contribution in [-0.4, -0.2) is 47.1 Å². The van der Waals surface area contributed by atoms with Gasteiger partial charge in [0, 0.05) is 42.9 Å². The molecule has 0 bridgehead atoms. The van der Waals surface area contributed by atoms with Crippen molar-refractivity contribution in [3.8, 4) is 11.3 Å². The smallest absolute Gasteiger partial charge is 0.222 e. The van der Waals surface area contributed by atoms with Crippen LogP contribution in [0.15, 0.2) is 49.1 Å². The van der Waals surface area contributed by atoms with E-state index in [-0.39, 0.29) is 5.91 Å². The van der Waals surface area contributed by atoms with Crippen LogP contribution in [0, 0.1) is 0 Å². The van der Waals surface area contributed by atoms with E-state index in [2.05, 4.69) is 38.1 Å². The monoisotopic (exact) mass is 452 g/mol. The molecule has 9 heteroatoms. The fourth-order valence-corrected chi connectivity index (χ4v) is 4.73. The molecule has 170 valence electrons. The Morgan fingerprint density at radius 3 is 2.94 bits per heavy atom. The van der Waals surface area contributed by atoms with Crippen molar-refractivity contribution in [1.29, 1.82) is 0 Å². The largest absolute Gasteiger partial charge is 0.383 e. The summed E-state index contributed by atoms with van der Waals surface area (Å²) in [6.07, 6.45) is 6.53. The summed E-state index contributed by atoms with van der Waals surface area (Å²) in [7, 11) is 0. The number of rotatable bonds is 4. The molecule has 34 heavy (non-hydrogen) atoms. The predicted molar refractivity (Wildman–Crippen MR) is 130 cm³/mol. The maximum atomic E-state index is 12.1. The highest BCUT2D eigenvalue weighted by Crippen LogP contribution is 2.31. The number of amides is 1. The van der Waals surface area contributed by atoms with E-state index in [0.29, 0.717) is 31.0 Å². The van der Waals surface area contributed by atoms with Crippen LogP contribution in [0.2, 0.25) is 0 Å². The van der Waals surface area contributed by atoms with Crippen LogP contribution < -0.4 is 5.73 Å². The Labute approximate surface area is 195 Å². The number of hydrogen-bond acceptors (Lipinski definition) is 6. The second-order valence-corrected chi connectivity index (χ2v) is 8.63. The van der Waals surface area contributed by atoms with Crippen LogP contribution in [0.4, 0.5) is 5.82 Å². The average Bonchev–Trinajstić information content (AvgIpc) is 3.48. The van der Waals surface area contributed by atoms with Crippen molar-refractivity contribution in [1.82, 2.24) is 34.6 Å². The molecule has 5 aromatic rings. The zero-order valence-electron chi connectivity index (χ0n) is 18.8. The molecule has 0 aliphatic carbocycles. The number of anilines is 1. The van der Waals surface area contributed by atoms with E-state index in [4.69, 9.17) is 10.8 Å². The molecule has 9 nitrogen and oxygen atoms in total. The minimum Gasteiger partial charge on any atom is -0.383 e. The molecule has 4 aromatic heterocycles. The van der Waals surface area contributed by atoms with Crippen LogP contribution in [-0.2, 0) is 24.3 Å². The number of carbonyl (C=O) groups excluding carboxylic acids is 1. The third kappa shape index (κ3) is 3.37. The minimum absolute atomic E-state index is 0.204. The van der Waals surface area contributed by atoms with Crippen molar-refractivity contribution in [3.63, 3.8) is 0 Å². The predicted octanol–water partition coefficient (Wildman–Crippen LogP) is 3.29. The lowest BCUT2D eigenvalue weighted by molar-refractivity contribution is -0.131. The summed E-state index contributed by atoms with van der Waals surface area (Å²) in [6, 6.07) is 10.5. The van der Waals surface area contributed by atoms with Gasteiger partial charge in [0.2, 0.25) is 5.91 Å². The molecule has 0 unspecified atom stereocenters. The zero-order valence-corrected chi connectivity index (χ0v) is 18.8. The number of aromatic nitrogens is 6. The topological polar surface area (TPSA) is 119 Å². The Bertz CT molecular complexity index is 1550. The second-order valence-electron chi connectivity index (χ2n) is 8.63. The molecule has 0 spiro atoms. The number of H-pyrrole nitrogens is 1. The number of hydrogen-bond donors (Lipinski definition) is 2. The summed E-state index contributed by atoms with van der Waals surface area (Å²) >= 11 is 0. The van der Waals surface area contributed by atoms with E-state index in [1.807, 2.05) is 34.8 Å². The number of nitrogens with zero attached hydrogens (tertiary/aromatic N) is 6. The number of benzene rings is 1. The average molecular weight is 453 g/mol. The number of aromatic amines is 1. The minimum atomic E-state index is 0.204. The van der Waals surface area contributed by atoms with Gasteiger partial charge in [-0.3, -0.25) is 4.79 Å². The van der Waals surface area contributed by atoms with Crippen molar-refractivity contribution >= 4 is 33.8 Å². The molecular formula is C25H24N8O. The summed E-state index contributed by atoms with van der Waals surface area (Å²) in [6.45, 7) is 3.90. The van der Waals surface area contributed by atoms with Crippen LogP contribution in [0.1, 0.15) is 30.0 Å². The quantitative estimate of drug-likeness (QED) is 0.432. The maximum Gasteiger partial charge on any atom is 0.222 e. The van der Waals surface area contributed by atoms with Gasteiger partial charge in [0.25, 0.3) is 0 Å². The van der Waals surface area contributed by atoms with Crippen LogP contribution >= 0.6 is 0 Å². The van der Waals surface area contributed by atoms with E-state index in [0.717, 1.165) is 46.2 Å². The number of nitrogens with two attached hydrogens (primary N) is 1. The molecule has 0 saturated carbocycles. The van der Waals surface area contributed by atoms with Crippen molar-refractivity contribution in [2.24, 2.45) is 0 Å². The van der Waals surface area contributed by atoms with E-state index in [1.54, 1.807) is 6.20 Å². The van der Waals surface area contributed by atoms with E-state index in [1.165, 1.54) is 17.5 Å². The van der Waals surface area contributed by atoms with Gasteiger partial charge in [-0.2, -0.15) is 5.10 Å². The molecule has 1 aliphatic rings. The molecule has 6 rings (SSSR count). The first-order chi connectivity index (χ1) is 16.6. The Morgan fingerprint density at radius 1 is 1.15 bits per heavy atom. The van der Waals surface area contributed by atoms with E-state index >= 15 is 0 Å². The molecule has 1 aromatic carbocycles. The fraction of sp³-hybridized carbons (Fsp3) is 0.240. The van der Waals surface area contributed by atoms with Crippen LogP contribution in [0.3, 0.4) is 0 Å². The van der Waals surface area contributed by atoms with Gasteiger partial charge in [0.15, 0.2) is 5.65 Å². The lowest BCUT2D eigenvalue weighted by Gasteiger charge is -2.29. The molecule has 0 atom stereocenters. The molecule has 3 N–H and O–H groups in total. The summed E-state index contributed by atoms with van der Waals surface area (Å²) in [4.78, 5) is 30.4. The third-order valence-electron chi connectivity index (χ3n) is 6.50. The molecular weight excluding hydrogens is 428 g/mol. The standard InChI is InChI=1S/C25H24N8O/c1-2-20(34)32-8-6-16-9-15(3-4-18(16)13-32)12-33-25-21(23(26)29-14-30-25)22(31-33)19-10-17-5-7-27-24(17)28-11-19/h3-5,7,9-11,14H,2,6,8,12-13H2,1H3,(H,27,28)(H2,26,29,30). The highest BCUT2D eigenvalue weighted by atomic mass is 16.2. The van der Waals surface area contributed by atoms with Gasteiger partial charge in [0.1, 0.15) is 23.5 Å². The summed E-state index contributed by atoms with van der Waals surface area (Å²) in [5.74, 6) is 0.599. The first kappa shape index (κ1) is 20.3. The molecule has 1 amide bonds. The molecule has 0 saturated heterocycles. The molecule has 0 fully saturated rings. The molecule has 0 radical (unpaired) electrons. The Morgan fingerprint density at radius 2 is 2.06 bits per heavy atom. The zero-order chi connectivity index (χ0) is 23.2. The van der Waals surface area contributed by atoms with Gasteiger partial charge >= 0.3 is 0 Å². The second kappa shape index (κ2) is 7.95. The first-order valence-corrected chi connectivity index (χ1v) is 11.4. The normalized spacial score (nSPS) is 13.5. The number of fused-ring (bicyclic) bond motifs is 3. The van der Waals surface area contributed by atoms with Crippen molar-refractivity contribution in [2.45, 2.75) is 32.9 Å². The summed E-state index contributed by atoms with van der Waals surface area (Å²) < 4.78 is 1.88. The van der Waals surface area contributed by atoms with Gasteiger partial charge in [-0.25, -0.2) is 19.6 Å². The van der Waals surface area contributed by atoms with Crippen molar-refractivity contribution in [2.75, 3.05) is 12.3 Å². The highest BCUT2D eigenvalue weighted by Gasteiger charge is 2.21. The summed E-state index contributed by atoms with van der Waals surface area (Å²) in [5, 5.41) is 6.62. The van der Waals surface area contributed by atoms with Crippen molar-refractivity contribution in [3.05, 3.63) is 65.7 Å². The van der Waals surface area contributed by atoms with Crippen molar-refractivity contribution < 1.29 is 4.79 Å². The molecule has 1 aliphatic heterocycles. The number of carbonyl (C=O) groups is 1.